The third-order valence-electron chi connectivity index (χ3n) is 1.04. The molecule has 0 spiro atoms. The summed E-state index contributed by atoms with van der Waals surface area (Å²) in [5.41, 5.74) is -0.310. The Kier molecular flexibility index (Phi) is 1.66. The molecule has 0 fully saturated rings. The van der Waals surface area contributed by atoms with Crippen LogP contribution in [0.25, 0.3) is 0 Å². The Bertz CT molecular complexity index is 295. The lowest BCUT2D eigenvalue weighted by atomic mass is 10.7. The second kappa shape index (κ2) is 2.47. The fraction of sp³-hybridized carbons (Fsp3) is 0.400. The molecule has 0 atom stereocenters. The van der Waals surface area contributed by atoms with Gasteiger partial charge in [0.25, 0.3) is 0 Å². The lowest BCUT2D eigenvalue weighted by molar-refractivity contribution is 0.799. The number of hydrogen-bond acceptors (Lipinski definition) is 3. The number of rotatable bonds is 1. The van der Waals surface area contributed by atoms with Crippen molar-refractivity contribution in [3.05, 3.63) is 16.3 Å². The van der Waals surface area contributed by atoms with Crippen LogP contribution in [0.4, 0.5) is 0 Å². The molecule has 0 amide bonds. The Hall–Kier alpha value is -1.39. The monoisotopic (exact) mass is 140 g/mol. The van der Waals surface area contributed by atoms with E-state index in [1.165, 1.54) is 10.9 Å². The molecule has 0 bridgehead atoms. The maximum atomic E-state index is 10.8. The van der Waals surface area contributed by atoms with Crippen LogP contribution >= 0.6 is 0 Å². The van der Waals surface area contributed by atoms with E-state index in [-0.39, 0.29) is 5.69 Å². The van der Waals surface area contributed by atoms with E-state index in [9.17, 15) is 4.79 Å². The summed E-state index contributed by atoms with van der Waals surface area (Å²) >= 11 is 0. The Labute approximate surface area is 57.4 Å². The zero-order chi connectivity index (χ0) is 7.56. The van der Waals surface area contributed by atoms with E-state index in [0.29, 0.717) is 5.82 Å². The van der Waals surface area contributed by atoms with Crippen LogP contribution < -0.4 is 5.69 Å². The van der Waals surface area contributed by atoms with E-state index in [4.69, 9.17) is 0 Å². The number of nitrogens with one attached hydrogen (secondary N) is 1. The van der Waals surface area contributed by atoms with Crippen molar-refractivity contribution in [3.63, 3.8) is 0 Å². The van der Waals surface area contributed by atoms with Crippen LogP contribution in [0.3, 0.4) is 0 Å². The average Bonchev–Trinajstić information content (AvgIpc) is 2.20. The molecule has 1 N–H and O–H groups in total. The molecule has 0 saturated carbocycles. The van der Waals surface area contributed by atoms with Crippen LogP contribution in [-0.4, -0.2) is 21.1 Å². The topological polar surface area (TPSA) is 63.0 Å². The van der Waals surface area contributed by atoms with Crippen LogP contribution in [0.5, 0.6) is 0 Å². The van der Waals surface area contributed by atoms with Crippen LogP contribution in [0.15, 0.2) is 9.90 Å². The molecule has 0 aromatic carbocycles. The molecule has 5 nitrogen and oxygen atoms in total. The molecule has 0 radical (unpaired) electrons. The fourth-order valence-electron chi connectivity index (χ4n) is 0.622. The molecule has 0 unspecified atom stereocenters. The second-order valence-electron chi connectivity index (χ2n) is 1.76. The van der Waals surface area contributed by atoms with Gasteiger partial charge >= 0.3 is 5.69 Å². The highest BCUT2D eigenvalue weighted by molar-refractivity contribution is 5.52. The van der Waals surface area contributed by atoms with Gasteiger partial charge in [0.15, 0.2) is 5.82 Å². The minimum atomic E-state index is -0.310. The van der Waals surface area contributed by atoms with Gasteiger partial charge in [0.05, 0.1) is 0 Å². The minimum absolute atomic E-state index is 0.310. The molecule has 1 rings (SSSR count). The molecule has 10 heavy (non-hydrogen) atoms. The van der Waals surface area contributed by atoms with E-state index in [1.54, 1.807) is 13.8 Å². The Balaban J connectivity index is 3.23. The summed E-state index contributed by atoms with van der Waals surface area (Å²) in [4.78, 5) is 10.8. The molecule has 0 aliphatic heterocycles. The minimum Gasteiger partial charge on any atom is -0.244 e. The quantitative estimate of drug-likeness (QED) is 0.546. The van der Waals surface area contributed by atoms with Crippen LogP contribution in [0.1, 0.15) is 12.7 Å². The van der Waals surface area contributed by atoms with Crippen molar-refractivity contribution in [2.75, 3.05) is 0 Å². The first-order valence-electron chi connectivity index (χ1n) is 2.88. The number of aryl methyl sites for hydroxylation is 1. The zero-order valence-corrected chi connectivity index (χ0v) is 5.83. The van der Waals surface area contributed by atoms with Gasteiger partial charge in [-0.3, -0.25) is 0 Å². The normalized spacial score (nSPS) is 11.0. The van der Waals surface area contributed by atoms with E-state index in [0.717, 1.165) is 0 Å². The van der Waals surface area contributed by atoms with Crippen molar-refractivity contribution in [3.8, 4) is 0 Å². The highest BCUT2D eigenvalue weighted by Gasteiger charge is 1.97. The smallest absolute Gasteiger partial charge is 0.244 e. The predicted molar refractivity (Wildman–Crippen MR) is 37.1 cm³/mol. The second-order valence-corrected chi connectivity index (χ2v) is 1.76. The van der Waals surface area contributed by atoms with Gasteiger partial charge < -0.3 is 0 Å². The molecule has 5 heteroatoms. The highest BCUT2D eigenvalue weighted by Crippen LogP contribution is 1.83. The number of aromatic nitrogens is 3. The number of H-pyrrole nitrogens is 1. The van der Waals surface area contributed by atoms with Crippen LogP contribution in [0, 0.1) is 6.92 Å². The van der Waals surface area contributed by atoms with E-state index in [1.807, 2.05) is 0 Å². The van der Waals surface area contributed by atoms with Crippen molar-refractivity contribution < 1.29 is 0 Å². The van der Waals surface area contributed by atoms with E-state index >= 15 is 0 Å². The summed E-state index contributed by atoms with van der Waals surface area (Å²) in [6.45, 7) is 3.43. The number of hydrogen-bond donors (Lipinski definition) is 1. The van der Waals surface area contributed by atoms with Crippen LogP contribution in [-0.2, 0) is 0 Å². The van der Waals surface area contributed by atoms with Crippen LogP contribution in [0.2, 0.25) is 0 Å². The van der Waals surface area contributed by atoms with Gasteiger partial charge in [0.2, 0.25) is 0 Å². The summed E-state index contributed by atoms with van der Waals surface area (Å²) in [5.74, 6) is 0.558. The molecular formula is C5H8N4O. The number of aromatic amines is 1. The third kappa shape index (κ3) is 0.975. The summed E-state index contributed by atoms with van der Waals surface area (Å²) in [7, 11) is 0. The predicted octanol–water partition coefficient (Wildman–Crippen LogP) is -0.266. The molecule has 0 aliphatic rings. The first kappa shape index (κ1) is 6.73. The molecule has 0 aliphatic carbocycles. The summed E-state index contributed by atoms with van der Waals surface area (Å²) < 4.78 is 1.19. The van der Waals surface area contributed by atoms with Crippen molar-refractivity contribution in [2.45, 2.75) is 13.8 Å². The molecular weight excluding hydrogens is 132 g/mol. The van der Waals surface area contributed by atoms with Gasteiger partial charge in [-0.1, -0.05) is 0 Å². The summed E-state index contributed by atoms with van der Waals surface area (Å²) in [5, 5.41) is 9.66. The molecule has 1 heterocycles. The van der Waals surface area contributed by atoms with E-state index in [2.05, 4.69) is 15.3 Å². The van der Waals surface area contributed by atoms with Crippen molar-refractivity contribution >= 4 is 6.21 Å². The van der Waals surface area contributed by atoms with Crippen molar-refractivity contribution in [2.24, 2.45) is 5.10 Å². The Morgan fingerprint density at radius 1 is 1.80 bits per heavy atom. The first-order valence-corrected chi connectivity index (χ1v) is 2.88. The number of nitrogens with zero attached hydrogens (tertiary/aromatic N) is 3. The molecule has 1 aromatic heterocycles. The fourth-order valence-corrected chi connectivity index (χ4v) is 0.622. The first-order chi connectivity index (χ1) is 4.75. The SMILES string of the molecule is C/C=N/n1c(C)n[nH]c1=O. The van der Waals surface area contributed by atoms with Gasteiger partial charge in [-0.15, -0.1) is 0 Å². The highest BCUT2D eigenvalue weighted by atomic mass is 16.2. The summed E-state index contributed by atoms with van der Waals surface area (Å²) in [6.07, 6.45) is 1.53. The Morgan fingerprint density at radius 2 is 2.50 bits per heavy atom. The van der Waals surface area contributed by atoms with Crippen molar-refractivity contribution in [1.82, 2.24) is 14.9 Å². The Morgan fingerprint density at radius 3 is 2.90 bits per heavy atom. The summed E-state index contributed by atoms with van der Waals surface area (Å²) in [6, 6.07) is 0. The zero-order valence-electron chi connectivity index (χ0n) is 5.83. The van der Waals surface area contributed by atoms with Crippen molar-refractivity contribution in [1.29, 1.82) is 0 Å². The largest absolute Gasteiger partial charge is 0.364 e. The molecule has 54 valence electrons. The lowest BCUT2D eigenvalue weighted by Crippen LogP contribution is -2.13. The van der Waals surface area contributed by atoms with Gasteiger partial charge in [0, 0.05) is 6.21 Å². The maximum absolute atomic E-state index is 10.8. The van der Waals surface area contributed by atoms with Gasteiger partial charge in [-0.2, -0.15) is 14.9 Å². The van der Waals surface area contributed by atoms with E-state index < -0.39 is 0 Å². The average molecular weight is 140 g/mol. The van der Waals surface area contributed by atoms with Gasteiger partial charge in [-0.25, -0.2) is 9.89 Å². The standard InChI is InChI=1S/C5H8N4O/c1-3-6-9-4(2)7-8-5(9)10/h3H,1-2H3,(H,8,10)/b6-3+. The lowest BCUT2D eigenvalue weighted by Gasteiger charge is -1.87. The third-order valence-corrected chi connectivity index (χ3v) is 1.04. The molecule has 0 saturated heterocycles. The maximum Gasteiger partial charge on any atom is 0.364 e. The molecule has 1 aromatic rings. The van der Waals surface area contributed by atoms with Gasteiger partial charge in [-0.05, 0) is 13.8 Å². The van der Waals surface area contributed by atoms with Gasteiger partial charge in [0.1, 0.15) is 0 Å².